The van der Waals surface area contributed by atoms with Gasteiger partial charge < -0.3 is 35.0 Å². The topological polar surface area (TPSA) is 72.0 Å². The summed E-state index contributed by atoms with van der Waals surface area (Å²) >= 11 is 5.87. The molecule has 0 radical (unpaired) electrons. The SMILES string of the molecule is S=C(NCC1(c2ccccc2)CCOCC1)Nc1nc(N2CCN(c3ccccc3)CC2)cc(N2CCN(c3ccccc3)CC2)n1. The summed E-state index contributed by atoms with van der Waals surface area (Å²) in [7, 11) is 0. The molecule has 3 aliphatic rings. The molecule has 4 aromatic rings. The molecule has 0 spiro atoms. The number of thiocarbonyl (C=S) groups is 1. The normalized spacial score (nSPS) is 18.1. The summed E-state index contributed by atoms with van der Waals surface area (Å²) in [5, 5.41) is 7.44. The van der Waals surface area contributed by atoms with Crippen LogP contribution in [0.3, 0.4) is 0 Å². The van der Waals surface area contributed by atoms with E-state index in [4.69, 9.17) is 26.9 Å². The monoisotopic (exact) mass is 648 g/mol. The Morgan fingerprint density at radius 1 is 0.638 bits per heavy atom. The zero-order chi connectivity index (χ0) is 31.9. The molecule has 0 bridgehead atoms. The number of nitrogens with zero attached hydrogens (tertiary/aromatic N) is 6. The molecule has 10 heteroatoms. The van der Waals surface area contributed by atoms with Crippen molar-refractivity contribution < 1.29 is 4.74 Å². The van der Waals surface area contributed by atoms with Crippen LogP contribution in [-0.4, -0.2) is 87.2 Å². The van der Waals surface area contributed by atoms with Crippen molar-refractivity contribution >= 4 is 46.3 Å². The van der Waals surface area contributed by atoms with Gasteiger partial charge in [-0.2, -0.15) is 9.97 Å². The van der Waals surface area contributed by atoms with Crippen molar-refractivity contribution in [1.29, 1.82) is 0 Å². The summed E-state index contributed by atoms with van der Waals surface area (Å²) in [6.07, 6.45) is 1.90. The molecule has 3 fully saturated rings. The van der Waals surface area contributed by atoms with Gasteiger partial charge in [0.25, 0.3) is 0 Å². The van der Waals surface area contributed by atoms with Gasteiger partial charge in [-0.3, -0.25) is 0 Å². The minimum Gasteiger partial charge on any atom is -0.381 e. The Morgan fingerprint density at radius 3 is 1.57 bits per heavy atom. The van der Waals surface area contributed by atoms with Gasteiger partial charge in [0.05, 0.1) is 0 Å². The smallest absolute Gasteiger partial charge is 0.232 e. The van der Waals surface area contributed by atoms with E-state index in [2.05, 4.69) is 127 Å². The van der Waals surface area contributed by atoms with Crippen molar-refractivity contribution in [2.75, 3.05) is 97.0 Å². The maximum absolute atomic E-state index is 5.87. The predicted octanol–water partition coefficient (Wildman–Crippen LogP) is 5.16. The quantitative estimate of drug-likeness (QED) is 0.250. The van der Waals surface area contributed by atoms with Crippen molar-refractivity contribution in [2.45, 2.75) is 18.3 Å². The maximum atomic E-state index is 5.87. The van der Waals surface area contributed by atoms with Crippen LogP contribution in [0.15, 0.2) is 97.1 Å². The molecule has 244 valence electrons. The molecule has 0 amide bonds. The number of ether oxygens (including phenoxy) is 1. The lowest BCUT2D eigenvalue weighted by molar-refractivity contribution is 0.0515. The minimum absolute atomic E-state index is 0.0318. The molecule has 7 rings (SSSR count). The Morgan fingerprint density at radius 2 is 1.09 bits per heavy atom. The zero-order valence-electron chi connectivity index (χ0n) is 26.9. The highest BCUT2D eigenvalue weighted by molar-refractivity contribution is 7.80. The average molecular weight is 649 g/mol. The Bertz CT molecular complexity index is 1510. The summed E-state index contributed by atoms with van der Waals surface area (Å²) in [6.45, 7) is 9.52. The van der Waals surface area contributed by atoms with Gasteiger partial charge in [0, 0.05) is 95.0 Å². The van der Waals surface area contributed by atoms with Gasteiger partial charge in [-0.25, -0.2) is 0 Å². The predicted molar refractivity (Wildman–Crippen MR) is 196 cm³/mol. The maximum Gasteiger partial charge on any atom is 0.232 e. The van der Waals surface area contributed by atoms with Crippen LogP contribution in [0, 0.1) is 0 Å². The summed E-state index contributed by atoms with van der Waals surface area (Å²) in [5.74, 6) is 2.40. The van der Waals surface area contributed by atoms with E-state index in [1.165, 1.54) is 16.9 Å². The summed E-state index contributed by atoms with van der Waals surface area (Å²) in [5.41, 5.74) is 3.82. The molecule has 4 heterocycles. The average Bonchev–Trinajstić information content (AvgIpc) is 3.15. The van der Waals surface area contributed by atoms with E-state index in [1.54, 1.807) is 0 Å². The van der Waals surface area contributed by atoms with Gasteiger partial charge in [-0.15, -0.1) is 0 Å². The van der Waals surface area contributed by atoms with E-state index in [9.17, 15) is 0 Å². The lowest BCUT2D eigenvalue weighted by Crippen LogP contribution is -2.48. The second-order valence-electron chi connectivity index (χ2n) is 12.6. The van der Waals surface area contributed by atoms with Crippen LogP contribution in [0.25, 0.3) is 0 Å². The van der Waals surface area contributed by atoms with Gasteiger partial charge in [0.15, 0.2) is 5.11 Å². The third-order valence-electron chi connectivity index (χ3n) is 9.80. The Kier molecular flexibility index (Phi) is 9.67. The van der Waals surface area contributed by atoms with Crippen LogP contribution in [0.4, 0.5) is 29.0 Å². The number of para-hydroxylation sites is 2. The third kappa shape index (κ3) is 7.44. The van der Waals surface area contributed by atoms with Crippen LogP contribution < -0.4 is 30.2 Å². The van der Waals surface area contributed by atoms with Crippen LogP contribution in [-0.2, 0) is 10.2 Å². The van der Waals surface area contributed by atoms with Gasteiger partial charge in [-0.1, -0.05) is 66.7 Å². The summed E-state index contributed by atoms with van der Waals surface area (Å²) < 4.78 is 5.74. The van der Waals surface area contributed by atoms with Crippen molar-refractivity contribution in [3.05, 3.63) is 103 Å². The molecule has 0 atom stereocenters. The fraction of sp³-hybridized carbons (Fsp3) is 0.378. The van der Waals surface area contributed by atoms with Crippen LogP contribution in [0.1, 0.15) is 18.4 Å². The molecule has 1 aromatic heterocycles. The van der Waals surface area contributed by atoms with Crippen LogP contribution >= 0.6 is 12.2 Å². The van der Waals surface area contributed by atoms with Crippen molar-refractivity contribution in [2.24, 2.45) is 0 Å². The number of nitrogens with one attached hydrogen (secondary N) is 2. The molecule has 3 aromatic carbocycles. The lowest BCUT2D eigenvalue weighted by Gasteiger charge is -2.39. The highest BCUT2D eigenvalue weighted by Gasteiger charge is 2.34. The molecule has 0 aliphatic carbocycles. The number of aromatic nitrogens is 2. The number of anilines is 5. The molecule has 3 saturated heterocycles. The molecule has 9 nitrogen and oxygen atoms in total. The van der Waals surface area contributed by atoms with E-state index < -0.39 is 0 Å². The van der Waals surface area contributed by atoms with E-state index in [-0.39, 0.29) is 5.41 Å². The molecule has 47 heavy (non-hydrogen) atoms. The van der Waals surface area contributed by atoms with Crippen molar-refractivity contribution in [1.82, 2.24) is 15.3 Å². The zero-order valence-corrected chi connectivity index (χ0v) is 27.7. The fourth-order valence-electron chi connectivity index (χ4n) is 6.98. The van der Waals surface area contributed by atoms with Crippen molar-refractivity contribution in [3.63, 3.8) is 0 Å². The molecule has 3 aliphatic heterocycles. The van der Waals surface area contributed by atoms with Gasteiger partial charge in [0.1, 0.15) is 11.6 Å². The largest absolute Gasteiger partial charge is 0.381 e. The number of piperazine rings is 2. The molecular weight excluding hydrogens is 605 g/mol. The van der Waals surface area contributed by atoms with Gasteiger partial charge in [0.2, 0.25) is 5.95 Å². The molecule has 0 saturated carbocycles. The number of hydrogen-bond donors (Lipinski definition) is 2. The van der Waals surface area contributed by atoms with E-state index in [0.29, 0.717) is 11.1 Å². The number of hydrogen-bond acceptors (Lipinski definition) is 8. The summed E-state index contributed by atoms with van der Waals surface area (Å²) in [4.78, 5) is 19.7. The summed E-state index contributed by atoms with van der Waals surface area (Å²) in [6, 6.07) is 34.2. The molecule has 2 N–H and O–H groups in total. The molecule has 0 unspecified atom stereocenters. The first kappa shape index (κ1) is 31.2. The van der Waals surface area contributed by atoms with Gasteiger partial charge in [-0.05, 0) is 54.9 Å². The van der Waals surface area contributed by atoms with E-state index in [0.717, 1.165) is 96.6 Å². The van der Waals surface area contributed by atoms with Crippen LogP contribution in [0.2, 0.25) is 0 Å². The first-order valence-electron chi connectivity index (χ1n) is 16.8. The molecular formula is C37H44N8OS. The first-order chi connectivity index (χ1) is 23.1. The fourth-order valence-corrected chi connectivity index (χ4v) is 7.15. The number of benzene rings is 3. The standard InChI is InChI=1S/C37H44N8OS/c47-36(38-29-37(16-26-46-27-17-37)30-10-4-1-5-11-30)41-35-39-33(44-22-18-42(19-23-44)31-12-6-2-7-13-31)28-34(40-35)45-24-20-43(21-25-45)32-14-8-3-9-15-32/h1-15,28H,16-27,29H2,(H2,38,39,40,41,47). The number of rotatable bonds is 8. The third-order valence-corrected chi connectivity index (χ3v) is 10.0. The Balaban J connectivity index is 1.07. The lowest BCUT2D eigenvalue weighted by atomic mass is 9.74. The minimum atomic E-state index is -0.0318. The van der Waals surface area contributed by atoms with Crippen molar-refractivity contribution in [3.8, 4) is 0 Å². The second kappa shape index (κ2) is 14.6. The van der Waals surface area contributed by atoms with Gasteiger partial charge >= 0.3 is 0 Å². The van der Waals surface area contributed by atoms with E-state index >= 15 is 0 Å². The highest BCUT2D eigenvalue weighted by atomic mass is 32.1. The Hall–Kier alpha value is -4.41. The van der Waals surface area contributed by atoms with Crippen LogP contribution in [0.5, 0.6) is 0 Å². The highest BCUT2D eigenvalue weighted by Crippen LogP contribution is 2.34. The Labute approximate surface area is 283 Å². The first-order valence-corrected chi connectivity index (χ1v) is 17.2. The second-order valence-corrected chi connectivity index (χ2v) is 13.0. The van der Waals surface area contributed by atoms with E-state index in [1.807, 2.05) is 0 Å².